The van der Waals surface area contributed by atoms with Gasteiger partial charge in [-0.25, -0.2) is 8.42 Å². The molecule has 0 aliphatic carbocycles. The van der Waals surface area contributed by atoms with Gasteiger partial charge in [0.2, 0.25) is 10.0 Å². The molecule has 1 fully saturated rings. The van der Waals surface area contributed by atoms with Crippen LogP contribution in [0.25, 0.3) is 0 Å². The fourth-order valence-electron chi connectivity index (χ4n) is 4.52. The maximum atomic E-state index is 13.1. The average Bonchev–Trinajstić information content (AvgIpc) is 2.89. The number of piperazine rings is 1. The van der Waals surface area contributed by atoms with Gasteiger partial charge in [0, 0.05) is 33.2 Å². The SMILES string of the molecule is CC(Oc1ccc(N(C)S(C)(=O)=O)cc1)C(=O)N1CCN(C(c2ccccc2)c2ccccc2)CC1. The van der Waals surface area contributed by atoms with Crippen molar-refractivity contribution < 1.29 is 17.9 Å². The van der Waals surface area contributed by atoms with Crippen molar-refractivity contribution in [3.05, 3.63) is 96.1 Å². The molecule has 1 amide bonds. The fourth-order valence-corrected chi connectivity index (χ4v) is 5.03. The first kappa shape index (κ1) is 25.7. The summed E-state index contributed by atoms with van der Waals surface area (Å²) in [6, 6.07) is 27.8. The molecule has 1 unspecified atom stereocenters. The summed E-state index contributed by atoms with van der Waals surface area (Å²) in [5, 5.41) is 0. The average molecular weight is 508 g/mol. The van der Waals surface area contributed by atoms with Crippen molar-refractivity contribution in [3.63, 3.8) is 0 Å². The Balaban J connectivity index is 1.38. The lowest BCUT2D eigenvalue weighted by molar-refractivity contribution is -0.140. The van der Waals surface area contributed by atoms with Crippen molar-refractivity contribution in [1.29, 1.82) is 0 Å². The minimum atomic E-state index is -3.34. The van der Waals surface area contributed by atoms with Crippen LogP contribution in [0, 0.1) is 0 Å². The summed E-state index contributed by atoms with van der Waals surface area (Å²) < 4.78 is 30.5. The number of nitrogens with zero attached hydrogens (tertiary/aromatic N) is 3. The second kappa shape index (κ2) is 11.1. The van der Waals surface area contributed by atoms with E-state index in [0.29, 0.717) is 24.5 Å². The summed E-state index contributed by atoms with van der Waals surface area (Å²) in [7, 11) is -1.84. The number of amides is 1. The zero-order chi connectivity index (χ0) is 25.7. The van der Waals surface area contributed by atoms with Crippen molar-refractivity contribution in [2.45, 2.75) is 19.1 Å². The Kier molecular flexibility index (Phi) is 7.96. The molecule has 0 bridgehead atoms. The molecule has 1 heterocycles. The molecule has 1 saturated heterocycles. The van der Waals surface area contributed by atoms with Gasteiger partial charge >= 0.3 is 0 Å². The minimum absolute atomic E-state index is 0.0528. The van der Waals surface area contributed by atoms with E-state index in [-0.39, 0.29) is 11.9 Å². The molecule has 1 atom stereocenters. The monoisotopic (exact) mass is 507 g/mol. The molecule has 0 aromatic heterocycles. The van der Waals surface area contributed by atoms with Gasteiger partial charge in [-0.05, 0) is 42.3 Å². The van der Waals surface area contributed by atoms with Gasteiger partial charge in [0.05, 0.1) is 18.0 Å². The van der Waals surface area contributed by atoms with E-state index in [1.165, 1.54) is 22.5 Å². The topological polar surface area (TPSA) is 70.2 Å². The molecule has 4 rings (SSSR count). The van der Waals surface area contributed by atoms with Crippen LogP contribution in [-0.4, -0.2) is 69.7 Å². The first-order valence-electron chi connectivity index (χ1n) is 12.1. The molecule has 3 aromatic rings. The summed E-state index contributed by atoms with van der Waals surface area (Å²) in [4.78, 5) is 17.4. The van der Waals surface area contributed by atoms with Gasteiger partial charge in [-0.2, -0.15) is 0 Å². The first-order valence-corrected chi connectivity index (χ1v) is 13.9. The van der Waals surface area contributed by atoms with Crippen molar-refractivity contribution in [3.8, 4) is 5.75 Å². The Morgan fingerprint density at radius 2 is 1.33 bits per heavy atom. The predicted octanol–water partition coefficient (Wildman–Crippen LogP) is 3.78. The third-order valence-corrected chi connectivity index (χ3v) is 7.79. The van der Waals surface area contributed by atoms with Crippen LogP contribution in [0.1, 0.15) is 24.1 Å². The highest BCUT2D eigenvalue weighted by molar-refractivity contribution is 7.92. The van der Waals surface area contributed by atoms with Gasteiger partial charge in [0.15, 0.2) is 6.10 Å². The van der Waals surface area contributed by atoms with Gasteiger partial charge in [-0.3, -0.25) is 14.0 Å². The highest BCUT2D eigenvalue weighted by atomic mass is 32.2. The highest BCUT2D eigenvalue weighted by Crippen LogP contribution is 2.29. The molecule has 1 aliphatic heterocycles. The smallest absolute Gasteiger partial charge is 0.263 e. The number of rotatable bonds is 8. The lowest BCUT2D eigenvalue weighted by Crippen LogP contribution is -2.52. The van der Waals surface area contributed by atoms with Crippen LogP contribution >= 0.6 is 0 Å². The molecule has 0 spiro atoms. The molecule has 0 radical (unpaired) electrons. The van der Waals surface area contributed by atoms with E-state index in [1.807, 2.05) is 17.0 Å². The number of hydrogen-bond acceptors (Lipinski definition) is 5. The third kappa shape index (κ3) is 6.06. The zero-order valence-corrected chi connectivity index (χ0v) is 21.8. The molecule has 7 nitrogen and oxygen atoms in total. The van der Waals surface area contributed by atoms with E-state index in [1.54, 1.807) is 31.2 Å². The normalized spacial score (nSPS) is 15.5. The summed E-state index contributed by atoms with van der Waals surface area (Å²) in [5.74, 6) is 0.469. The maximum Gasteiger partial charge on any atom is 0.263 e. The molecule has 8 heteroatoms. The molecule has 190 valence electrons. The van der Waals surface area contributed by atoms with Crippen LogP contribution in [0.15, 0.2) is 84.9 Å². The number of anilines is 1. The van der Waals surface area contributed by atoms with Crippen LogP contribution in [0.4, 0.5) is 5.69 Å². The van der Waals surface area contributed by atoms with E-state index >= 15 is 0 Å². The van der Waals surface area contributed by atoms with Crippen LogP contribution < -0.4 is 9.04 Å². The summed E-state index contributed by atoms with van der Waals surface area (Å²) >= 11 is 0. The van der Waals surface area contributed by atoms with Gasteiger partial charge < -0.3 is 9.64 Å². The number of benzene rings is 3. The van der Waals surface area contributed by atoms with E-state index in [9.17, 15) is 13.2 Å². The molecular formula is C28H33N3O4S. The molecule has 0 saturated carbocycles. The first-order chi connectivity index (χ1) is 17.2. The summed E-state index contributed by atoms with van der Waals surface area (Å²) in [6.07, 6.45) is 0.508. The number of ether oxygens (including phenoxy) is 1. The molecule has 36 heavy (non-hydrogen) atoms. The lowest BCUT2D eigenvalue weighted by Gasteiger charge is -2.40. The van der Waals surface area contributed by atoms with E-state index < -0.39 is 16.1 Å². The molecular weight excluding hydrogens is 474 g/mol. The number of sulfonamides is 1. The Hall–Kier alpha value is -3.36. The number of carbonyl (C=O) groups excluding carboxylic acids is 1. The van der Waals surface area contributed by atoms with Crippen LogP contribution in [0.2, 0.25) is 0 Å². The van der Waals surface area contributed by atoms with Gasteiger partial charge in [0.1, 0.15) is 5.75 Å². The number of hydrogen-bond donors (Lipinski definition) is 0. The van der Waals surface area contributed by atoms with E-state index in [4.69, 9.17) is 4.74 Å². The molecule has 0 N–H and O–H groups in total. The number of carbonyl (C=O) groups is 1. The Morgan fingerprint density at radius 3 is 1.81 bits per heavy atom. The fraction of sp³-hybridized carbons (Fsp3) is 0.321. The second-order valence-corrected chi connectivity index (χ2v) is 11.1. The minimum Gasteiger partial charge on any atom is -0.481 e. The van der Waals surface area contributed by atoms with Crippen molar-refractivity contribution in [2.24, 2.45) is 0 Å². The van der Waals surface area contributed by atoms with Crippen molar-refractivity contribution in [1.82, 2.24) is 9.80 Å². The quantitative estimate of drug-likeness (QED) is 0.464. The lowest BCUT2D eigenvalue weighted by atomic mass is 9.96. The van der Waals surface area contributed by atoms with Crippen LogP contribution in [0.5, 0.6) is 5.75 Å². The Bertz CT molecular complexity index is 1200. The standard InChI is InChI=1S/C28H33N3O4S/c1-22(35-26-16-14-25(15-17-26)29(2)36(3,33)34)28(32)31-20-18-30(19-21-31)27(23-10-6-4-7-11-23)24-12-8-5-9-13-24/h4-17,22,27H,18-21H2,1-3H3. The zero-order valence-electron chi connectivity index (χ0n) is 20.9. The van der Waals surface area contributed by atoms with Gasteiger partial charge in [-0.15, -0.1) is 0 Å². The predicted molar refractivity (Wildman–Crippen MR) is 143 cm³/mol. The Labute approximate surface area is 214 Å². The third-order valence-electron chi connectivity index (χ3n) is 6.58. The van der Waals surface area contributed by atoms with Crippen molar-refractivity contribution in [2.75, 3.05) is 43.8 Å². The Morgan fingerprint density at radius 1 is 0.833 bits per heavy atom. The van der Waals surface area contributed by atoms with Crippen LogP contribution in [-0.2, 0) is 14.8 Å². The molecule has 3 aromatic carbocycles. The highest BCUT2D eigenvalue weighted by Gasteiger charge is 2.30. The van der Waals surface area contributed by atoms with Gasteiger partial charge in [-0.1, -0.05) is 60.7 Å². The summed E-state index contributed by atoms with van der Waals surface area (Å²) in [5.41, 5.74) is 3.02. The maximum absolute atomic E-state index is 13.1. The molecule has 1 aliphatic rings. The van der Waals surface area contributed by atoms with Crippen molar-refractivity contribution >= 4 is 21.6 Å². The van der Waals surface area contributed by atoms with E-state index in [2.05, 4.69) is 53.4 Å². The largest absolute Gasteiger partial charge is 0.481 e. The summed E-state index contributed by atoms with van der Waals surface area (Å²) in [6.45, 7) is 4.53. The van der Waals surface area contributed by atoms with Gasteiger partial charge in [0.25, 0.3) is 5.91 Å². The second-order valence-electron chi connectivity index (χ2n) is 9.07. The van der Waals surface area contributed by atoms with Crippen LogP contribution in [0.3, 0.4) is 0 Å². The van der Waals surface area contributed by atoms with E-state index in [0.717, 1.165) is 19.3 Å².